The summed E-state index contributed by atoms with van der Waals surface area (Å²) >= 11 is 0. The minimum absolute atomic E-state index is 0.174. The highest BCUT2D eigenvalue weighted by atomic mass is 16.5. The lowest BCUT2D eigenvalue weighted by Crippen LogP contribution is -2.13. The summed E-state index contributed by atoms with van der Waals surface area (Å²) in [6.45, 7) is 0.729. The lowest BCUT2D eigenvalue weighted by atomic mass is 10.1. The third kappa shape index (κ3) is 3.72. The number of hydrogen-bond donors (Lipinski definition) is 4. The maximum absolute atomic E-state index is 5.58. The molecule has 0 bridgehead atoms. The van der Waals surface area contributed by atoms with E-state index in [-0.39, 0.29) is 5.95 Å². The summed E-state index contributed by atoms with van der Waals surface area (Å²) in [6, 6.07) is 9.64. The third-order valence-corrected chi connectivity index (χ3v) is 2.77. The Hall–Kier alpha value is -2.54. The molecule has 7 heteroatoms. The summed E-state index contributed by atoms with van der Waals surface area (Å²) in [6.07, 6.45) is 0.860. The summed E-state index contributed by atoms with van der Waals surface area (Å²) in [5.41, 5.74) is 9.23. The molecular formula is C13H18N6O. The van der Waals surface area contributed by atoms with Crippen LogP contribution in [0.4, 0.5) is 17.6 Å². The maximum atomic E-state index is 5.58. The standard InChI is InChI=1S/C13H18N6O/c1-20-10-4-2-9(3-5-10)6-7-16-11-8-12(19-15)18-13(14)17-11/h2-5,8H,6-7,15H2,1H3,(H4,14,16,17,18,19). The number of nitrogens with two attached hydrogens (primary N) is 2. The summed E-state index contributed by atoms with van der Waals surface area (Å²) in [4.78, 5) is 7.99. The van der Waals surface area contributed by atoms with Crippen molar-refractivity contribution in [2.24, 2.45) is 5.84 Å². The highest BCUT2D eigenvalue weighted by Gasteiger charge is 2.01. The van der Waals surface area contributed by atoms with Crippen LogP contribution < -0.4 is 27.1 Å². The summed E-state index contributed by atoms with van der Waals surface area (Å²) in [5, 5.41) is 3.18. The first-order chi connectivity index (χ1) is 9.71. The van der Waals surface area contributed by atoms with Crippen molar-refractivity contribution in [2.45, 2.75) is 6.42 Å². The van der Waals surface area contributed by atoms with Crippen LogP contribution in [0.3, 0.4) is 0 Å². The predicted octanol–water partition coefficient (Wildman–Crippen LogP) is 1.01. The molecule has 1 heterocycles. The van der Waals surface area contributed by atoms with Crippen molar-refractivity contribution >= 4 is 17.6 Å². The number of rotatable bonds is 6. The van der Waals surface area contributed by atoms with Gasteiger partial charge >= 0.3 is 0 Å². The fourth-order valence-electron chi connectivity index (χ4n) is 1.76. The molecule has 0 atom stereocenters. The normalized spacial score (nSPS) is 10.1. The van der Waals surface area contributed by atoms with Gasteiger partial charge in [-0.15, -0.1) is 0 Å². The van der Waals surface area contributed by atoms with Crippen molar-refractivity contribution in [3.63, 3.8) is 0 Å². The zero-order valence-corrected chi connectivity index (χ0v) is 11.3. The highest BCUT2D eigenvalue weighted by Crippen LogP contribution is 2.13. The monoisotopic (exact) mass is 274 g/mol. The summed E-state index contributed by atoms with van der Waals surface area (Å²) in [7, 11) is 1.65. The van der Waals surface area contributed by atoms with Crippen LogP contribution in [0, 0.1) is 0 Å². The molecule has 0 aliphatic rings. The Morgan fingerprint density at radius 1 is 1.15 bits per heavy atom. The molecule has 0 amide bonds. The Balaban J connectivity index is 1.90. The van der Waals surface area contributed by atoms with Gasteiger partial charge in [-0.2, -0.15) is 9.97 Å². The molecule has 0 aliphatic carbocycles. The van der Waals surface area contributed by atoms with Gasteiger partial charge in [-0.3, -0.25) is 0 Å². The zero-order valence-electron chi connectivity index (χ0n) is 11.3. The summed E-state index contributed by atoms with van der Waals surface area (Å²) in [5.74, 6) is 7.44. The molecule has 2 rings (SSSR count). The molecule has 1 aromatic carbocycles. The second-order valence-electron chi connectivity index (χ2n) is 4.17. The first-order valence-corrected chi connectivity index (χ1v) is 6.19. The predicted molar refractivity (Wildman–Crippen MR) is 79.4 cm³/mol. The van der Waals surface area contributed by atoms with Crippen LogP contribution in [0.1, 0.15) is 5.56 Å². The van der Waals surface area contributed by atoms with E-state index in [0.717, 1.165) is 18.7 Å². The minimum atomic E-state index is 0.174. The van der Waals surface area contributed by atoms with Crippen LogP contribution in [-0.4, -0.2) is 23.6 Å². The van der Waals surface area contributed by atoms with Crippen molar-refractivity contribution in [3.8, 4) is 5.75 Å². The lowest BCUT2D eigenvalue weighted by molar-refractivity contribution is 0.414. The second kappa shape index (κ2) is 6.58. The zero-order chi connectivity index (χ0) is 14.4. The number of anilines is 3. The van der Waals surface area contributed by atoms with Crippen LogP contribution >= 0.6 is 0 Å². The fraction of sp³-hybridized carbons (Fsp3) is 0.231. The average Bonchev–Trinajstić information content (AvgIpc) is 2.47. The number of ether oxygens (including phenoxy) is 1. The number of nitrogens with zero attached hydrogens (tertiary/aromatic N) is 2. The van der Waals surface area contributed by atoms with Crippen LogP contribution in [-0.2, 0) is 6.42 Å². The van der Waals surface area contributed by atoms with Gasteiger partial charge in [-0.1, -0.05) is 12.1 Å². The van der Waals surface area contributed by atoms with Crippen molar-refractivity contribution in [1.29, 1.82) is 0 Å². The molecule has 0 radical (unpaired) electrons. The van der Waals surface area contributed by atoms with E-state index in [2.05, 4.69) is 20.7 Å². The van der Waals surface area contributed by atoms with E-state index in [0.29, 0.717) is 11.6 Å². The first kappa shape index (κ1) is 13.9. The molecule has 6 N–H and O–H groups in total. The van der Waals surface area contributed by atoms with Gasteiger partial charge < -0.3 is 21.2 Å². The summed E-state index contributed by atoms with van der Waals surface area (Å²) < 4.78 is 5.12. The van der Waals surface area contributed by atoms with Gasteiger partial charge in [0.15, 0.2) is 0 Å². The number of benzene rings is 1. The van der Waals surface area contributed by atoms with Gasteiger partial charge in [0, 0.05) is 12.6 Å². The van der Waals surface area contributed by atoms with Gasteiger partial charge in [0.1, 0.15) is 17.4 Å². The molecule has 0 aliphatic heterocycles. The number of nitrogen functional groups attached to an aromatic ring is 2. The van der Waals surface area contributed by atoms with E-state index < -0.39 is 0 Å². The molecule has 0 spiro atoms. The first-order valence-electron chi connectivity index (χ1n) is 6.19. The Morgan fingerprint density at radius 2 is 1.85 bits per heavy atom. The Kier molecular flexibility index (Phi) is 4.56. The molecule has 7 nitrogen and oxygen atoms in total. The van der Waals surface area contributed by atoms with E-state index in [1.165, 1.54) is 5.56 Å². The van der Waals surface area contributed by atoms with E-state index in [4.69, 9.17) is 16.3 Å². The highest BCUT2D eigenvalue weighted by molar-refractivity contribution is 5.50. The van der Waals surface area contributed by atoms with Gasteiger partial charge in [0.25, 0.3) is 0 Å². The van der Waals surface area contributed by atoms with Crippen LogP contribution in [0.2, 0.25) is 0 Å². The molecule has 20 heavy (non-hydrogen) atoms. The number of methoxy groups -OCH3 is 1. The van der Waals surface area contributed by atoms with Crippen LogP contribution in [0.15, 0.2) is 30.3 Å². The van der Waals surface area contributed by atoms with E-state index in [1.807, 2.05) is 24.3 Å². The quantitative estimate of drug-likeness (QED) is 0.459. The van der Waals surface area contributed by atoms with Crippen molar-refractivity contribution in [3.05, 3.63) is 35.9 Å². The molecule has 1 aromatic heterocycles. The average molecular weight is 274 g/mol. The minimum Gasteiger partial charge on any atom is -0.497 e. The number of hydrogen-bond acceptors (Lipinski definition) is 7. The van der Waals surface area contributed by atoms with Gasteiger partial charge in [-0.05, 0) is 24.1 Å². The van der Waals surface area contributed by atoms with Gasteiger partial charge in [0.05, 0.1) is 7.11 Å². The molecule has 2 aromatic rings. The SMILES string of the molecule is COc1ccc(CCNc2cc(NN)nc(N)n2)cc1. The molecule has 106 valence electrons. The van der Waals surface area contributed by atoms with Gasteiger partial charge in [-0.25, -0.2) is 5.84 Å². The molecule has 0 saturated carbocycles. The van der Waals surface area contributed by atoms with Crippen LogP contribution in [0.5, 0.6) is 5.75 Å². The van der Waals surface area contributed by atoms with E-state index in [1.54, 1.807) is 13.2 Å². The largest absolute Gasteiger partial charge is 0.497 e. The van der Waals surface area contributed by atoms with Crippen LogP contribution in [0.25, 0.3) is 0 Å². The second-order valence-corrected chi connectivity index (χ2v) is 4.17. The Bertz CT molecular complexity index is 557. The fourth-order valence-corrected chi connectivity index (χ4v) is 1.76. The maximum Gasteiger partial charge on any atom is 0.223 e. The molecule has 0 saturated heterocycles. The molecule has 0 unspecified atom stereocenters. The Morgan fingerprint density at radius 3 is 2.50 bits per heavy atom. The van der Waals surface area contributed by atoms with E-state index >= 15 is 0 Å². The number of aromatic nitrogens is 2. The van der Waals surface area contributed by atoms with Gasteiger partial charge in [0.2, 0.25) is 5.95 Å². The molecular weight excluding hydrogens is 256 g/mol. The van der Waals surface area contributed by atoms with Crippen molar-refractivity contribution < 1.29 is 4.74 Å². The lowest BCUT2D eigenvalue weighted by Gasteiger charge is -2.08. The Labute approximate surface area is 117 Å². The number of hydrazine groups is 1. The molecule has 0 fully saturated rings. The van der Waals surface area contributed by atoms with Crippen molar-refractivity contribution in [2.75, 3.05) is 30.1 Å². The third-order valence-electron chi connectivity index (χ3n) is 2.77. The number of nitrogens with one attached hydrogen (secondary N) is 2. The topological polar surface area (TPSA) is 111 Å². The van der Waals surface area contributed by atoms with E-state index in [9.17, 15) is 0 Å². The van der Waals surface area contributed by atoms with Crippen molar-refractivity contribution in [1.82, 2.24) is 9.97 Å². The smallest absolute Gasteiger partial charge is 0.223 e.